The molecule has 0 radical (unpaired) electrons. The van der Waals surface area contributed by atoms with Crippen molar-refractivity contribution in [3.05, 3.63) is 29.8 Å². The van der Waals surface area contributed by atoms with Gasteiger partial charge in [0.05, 0.1) is 0 Å². The molecule has 0 amide bonds. The zero-order chi connectivity index (χ0) is 10.3. The van der Waals surface area contributed by atoms with Gasteiger partial charge in [-0.1, -0.05) is 12.1 Å². The molecule has 2 aliphatic rings. The summed E-state index contributed by atoms with van der Waals surface area (Å²) >= 11 is 0. The molecule has 0 bridgehead atoms. The molecule has 0 spiro atoms. The number of nitrogens with two attached hydrogens (primary N) is 1. The summed E-state index contributed by atoms with van der Waals surface area (Å²) in [5.74, 6) is 0. The van der Waals surface area contributed by atoms with Crippen LogP contribution in [-0.4, -0.2) is 18.0 Å². The third-order valence-corrected chi connectivity index (χ3v) is 4.09. The summed E-state index contributed by atoms with van der Waals surface area (Å²) in [4.78, 5) is 2.67. The van der Waals surface area contributed by atoms with E-state index >= 15 is 0 Å². The number of nitrogen functional groups attached to an aromatic ring is 1. The summed E-state index contributed by atoms with van der Waals surface area (Å²) in [6.07, 6.45) is 5.36. The lowest BCUT2D eigenvalue weighted by Gasteiger charge is -2.32. The lowest BCUT2D eigenvalue weighted by Crippen LogP contribution is -2.35. The van der Waals surface area contributed by atoms with E-state index in [1.54, 1.807) is 0 Å². The third kappa shape index (κ3) is 1.28. The fourth-order valence-corrected chi connectivity index (χ4v) is 3.37. The molecule has 2 heterocycles. The van der Waals surface area contributed by atoms with E-state index in [-0.39, 0.29) is 0 Å². The lowest BCUT2D eigenvalue weighted by atomic mass is 9.86. The zero-order valence-corrected chi connectivity index (χ0v) is 9.08. The van der Waals surface area contributed by atoms with Gasteiger partial charge in [-0.05, 0) is 56.5 Å². The summed E-state index contributed by atoms with van der Waals surface area (Å²) in [5, 5.41) is 0. The lowest BCUT2D eigenvalue weighted by molar-refractivity contribution is 0.197. The highest BCUT2D eigenvalue weighted by Gasteiger charge is 2.45. The zero-order valence-electron chi connectivity index (χ0n) is 9.08. The van der Waals surface area contributed by atoms with Crippen LogP contribution in [0.3, 0.4) is 0 Å². The molecule has 2 nitrogen and oxygen atoms in total. The first kappa shape index (κ1) is 9.22. The maximum atomic E-state index is 5.75. The van der Waals surface area contributed by atoms with Gasteiger partial charge in [0.25, 0.3) is 0 Å². The average molecular weight is 202 g/mol. The quantitative estimate of drug-likeness (QED) is 0.708. The molecule has 80 valence electrons. The predicted octanol–water partition coefficient (Wildman–Crippen LogP) is 2.35. The maximum Gasteiger partial charge on any atom is 0.0461 e. The number of rotatable bonds is 1. The Bertz CT molecular complexity index is 345. The van der Waals surface area contributed by atoms with Crippen molar-refractivity contribution in [2.24, 2.45) is 0 Å². The summed E-state index contributed by atoms with van der Waals surface area (Å²) < 4.78 is 0. The molecule has 0 aromatic heterocycles. The maximum absolute atomic E-state index is 5.75. The molecule has 2 saturated heterocycles. The van der Waals surface area contributed by atoms with Crippen molar-refractivity contribution in [3.8, 4) is 0 Å². The minimum atomic E-state index is 0.369. The summed E-state index contributed by atoms with van der Waals surface area (Å²) in [7, 11) is 0. The van der Waals surface area contributed by atoms with E-state index < -0.39 is 0 Å². The first-order valence-electron chi connectivity index (χ1n) is 5.92. The highest BCUT2D eigenvalue weighted by atomic mass is 15.2. The molecule has 2 N–H and O–H groups in total. The fraction of sp³-hybridized carbons (Fsp3) is 0.538. The van der Waals surface area contributed by atoms with E-state index in [4.69, 9.17) is 5.73 Å². The van der Waals surface area contributed by atoms with Crippen LogP contribution in [-0.2, 0) is 5.54 Å². The van der Waals surface area contributed by atoms with Gasteiger partial charge >= 0.3 is 0 Å². The van der Waals surface area contributed by atoms with E-state index in [9.17, 15) is 0 Å². The van der Waals surface area contributed by atoms with Crippen LogP contribution in [0, 0.1) is 0 Å². The second-order valence-electron chi connectivity index (χ2n) is 4.85. The molecule has 1 aromatic carbocycles. The van der Waals surface area contributed by atoms with E-state index in [2.05, 4.69) is 17.0 Å². The molecule has 2 heteroatoms. The number of nitrogens with zero attached hydrogens (tertiary/aromatic N) is 1. The van der Waals surface area contributed by atoms with Crippen molar-refractivity contribution in [2.75, 3.05) is 18.8 Å². The smallest absolute Gasteiger partial charge is 0.0461 e. The van der Waals surface area contributed by atoms with E-state index in [0.717, 1.165) is 5.69 Å². The second kappa shape index (κ2) is 3.24. The summed E-state index contributed by atoms with van der Waals surface area (Å²) in [6, 6.07) is 8.52. The van der Waals surface area contributed by atoms with Gasteiger partial charge in [-0.25, -0.2) is 0 Å². The Kier molecular flexibility index (Phi) is 1.99. The van der Waals surface area contributed by atoms with Gasteiger partial charge in [0.1, 0.15) is 0 Å². The van der Waals surface area contributed by atoms with Crippen molar-refractivity contribution < 1.29 is 0 Å². The summed E-state index contributed by atoms with van der Waals surface area (Å²) in [5.41, 5.74) is 8.47. The van der Waals surface area contributed by atoms with Crippen LogP contribution in [0.15, 0.2) is 24.3 Å². The van der Waals surface area contributed by atoms with Crippen LogP contribution in [0.25, 0.3) is 0 Å². The Morgan fingerprint density at radius 2 is 1.60 bits per heavy atom. The number of benzene rings is 1. The van der Waals surface area contributed by atoms with Crippen molar-refractivity contribution in [1.82, 2.24) is 4.90 Å². The molecule has 15 heavy (non-hydrogen) atoms. The number of fused-ring (bicyclic) bond motifs is 1. The van der Waals surface area contributed by atoms with Crippen LogP contribution in [0.4, 0.5) is 5.69 Å². The fourth-order valence-electron chi connectivity index (χ4n) is 3.37. The van der Waals surface area contributed by atoms with Gasteiger partial charge < -0.3 is 5.73 Å². The van der Waals surface area contributed by atoms with Crippen molar-refractivity contribution in [3.63, 3.8) is 0 Å². The van der Waals surface area contributed by atoms with Gasteiger partial charge in [0.15, 0.2) is 0 Å². The highest BCUT2D eigenvalue weighted by molar-refractivity contribution is 5.42. The number of anilines is 1. The van der Waals surface area contributed by atoms with Crippen LogP contribution in [0.2, 0.25) is 0 Å². The van der Waals surface area contributed by atoms with Gasteiger partial charge in [0.2, 0.25) is 0 Å². The van der Waals surface area contributed by atoms with Crippen LogP contribution < -0.4 is 5.73 Å². The predicted molar refractivity (Wildman–Crippen MR) is 62.6 cm³/mol. The molecule has 1 aromatic rings. The minimum absolute atomic E-state index is 0.369. The molecule has 3 rings (SSSR count). The monoisotopic (exact) mass is 202 g/mol. The normalized spacial score (nSPS) is 24.3. The van der Waals surface area contributed by atoms with Crippen LogP contribution in [0.1, 0.15) is 31.2 Å². The Hall–Kier alpha value is -1.02. The van der Waals surface area contributed by atoms with E-state index in [0.29, 0.717) is 5.54 Å². The molecule has 0 saturated carbocycles. The minimum Gasteiger partial charge on any atom is -0.399 e. The first-order chi connectivity index (χ1) is 7.31. The molecule has 2 aliphatic heterocycles. The van der Waals surface area contributed by atoms with E-state index in [1.165, 1.54) is 44.3 Å². The van der Waals surface area contributed by atoms with Gasteiger partial charge in [-0.2, -0.15) is 0 Å². The third-order valence-electron chi connectivity index (χ3n) is 4.09. The molecular weight excluding hydrogens is 184 g/mol. The molecule has 0 unspecified atom stereocenters. The molecule has 0 aliphatic carbocycles. The highest BCUT2D eigenvalue weighted by Crippen LogP contribution is 2.46. The standard InChI is InChI=1S/C13H18N2/c14-12-5-3-11(4-6-12)13-7-1-9-15(13)10-2-8-13/h3-6H,1-2,7-10,14H2. The molecular formula is C13H18N2. The Morgan fingerprint density at radius 3 is 2.20 bits per heavy atom. The number of hydrogen-bond acceptors (Lipinski definition) is 2. The van der Waals surface area contributed by atoms with Crippen molar-refractivity contribution >= 4 is 5.69 Å². The van der Waals surface area contributed by atoms with Gasteiger partial charge in [-0.3, -0.25) is 4.90 Å². The molecule has 0 atom stereocenters. The summed E-state index contributed by atoms with van der Waals surface area (Å²) in [6.45, 7) is 2.56. The Balaban J connectivity index is 2.01. The van der Waals surface area contributed by atoms with Crippen LogP contribution in [0.5, 0.6) is 0 Å². The SMILES string of the molecule is Nc1ccc(C23CCCN2CCC3)cc1. The topological polar surface area (TPSA) is 29.3 Å². The Labute approximate surface area is 91.1 Å². The van der Waals surface area contributed by atoms with Crippen molar-refractivity contribution in [2.45, 2.75) is 31.2 Å². The van der Waals surface area contributed by atoms with E-state index in [1.807, 2.05) is 12.1 Å². The van der Waals surface area contributed by atoms with Crippen LogP contribution >= 0.6 is 0 Å². The first-order valence-corrected chi connectivity index (χ1v) is 5.92. The second-order valence-corrected chi connectivity index (χ2v) is 4.85. The largest absolute Gasteiger partial charge is 0.399 e. The van der Waals surface area contributed by atoms with Crippen molar-refractivity contribution in [1.29, 1.82) is 0 Å². The average Bonchev–Trinajstić information content (AvgIpc) is 2.77. The van der Waals surface area contributed by atoms with Gasteiger partial charge in [0, 0.05) is 11.2 Å². The Morgan fingerprint density at radius 1 is 1.00 bits per heavy atom. The number of hydrogen-bond donors (Lipinski definition) is 1. The molecule has 2 fully saturated rings. The van der Waals surface area contributed by atoms with Gasteiger partial charge in [-0.15, -0.1) is 0 Å².